The van der Waals surface area contributed by atoms with Crippen LogP contribution in [0.1, 0.15) is 21.5 Å². The zero-order valence-corrected chi connectivity index (χ0v) is 12.8. The van der Waals surface area contributed by atoms with E-state index < -0.39 is 11.5 Å². The molecule has 0 radical (unpaired) electrons. The fourth-order valence-electron chi connectivity index (χ4n) is 2.45. The number of nitrogens with one attached hydrogen (secondary N) is 2. The first-order valence-corrected chi connectivity index (χ1v) is 7.20. The molecule has 0 saturated carbocycles. The molecule has 3 rings (SSSR count). The molecule has 5 nitrogen and oxygen atoms in total. The Morgan fingerprint density at radius 3 is 2.57 bits per heavy atom. The molecule has 5 heteroatoms. The van der Waals surface area contributed by atoms with E-state index in [0.29, 0.717) is 16.6 Å². The van der Waals surface area contributed by atoms with Crippen LogP contribution in [0.5, 0.6) is 5.75 Å². The van der Waals surface area contributed by atoms with Crippen molar-refractivity contribution in [3.05, 3.63) is 69.5 Å². The van der Waals surface area contributed by atoms with Crippen LogP contribution in [-0.2, 0) is 0 Å². The molecule has 1 heterocycles. The van der Waals surface area contributed by atoms with Crippen LogP contribution < -0.4 is 10.9 Å². The minimum Gasteiger partial charge on any atom is -0.506 e. The van der Waals surface area contributed by atoms with Gasteiger partial charge in [-0.2, -0.15) is 0 Å². The van der Waals surface area contributed by atoms with Crippen molar-refractivity contribution in [2.75, 3.05) is 5.32 Å². The summed E-state index contributed by atoms with van der Waals surface area (Å²) in [5.74, 6) is -0.955. The standard InChI is InChI=1S/C18H16N2O3/c1-10-7-8-12(9-11(10)2)19-17(22)15-16(21)13-5-3-4-6-14(13)20-18(15)23/h3-9H,1-2H3,(H,19,22)(H2,20,21,23). The lowest BCUT2D eigenvalue weighted by Crippen LogP contribution is -2.23. The fraction of sp³-hybridized carbons (Fsp3) is 0.111. The molecule has 1 aromatic heterocycles. The van der Waals surface area contributed by atoms with Gasteiger partial charge in [0.05, 0.1) is 5.52 Å². The van der Waals surface area contributed by atoms with Gasteiger partial charge < -0.3 is 15.4 Å². The molecule has 3 N–H and O–H groups in total. The van der Waals surface area contributed by atoms with Gasteiger partial charge in [0, 0.05) is 11.1 Å². The Morgan fingerprint density at radius 1 is 1.09 bits per heavy atom. The first-order chi connectivity index (χ1) is 11.0. The van der Waals surface area contributed by atoms with Crippen molar-refractivity contribution in [1.29, 1.82) is 0 Å². The Bertz CT molecular complexity index is 974. The predicted octanol–water partition coefficient (Wildman–Crippen LogP) is 3.10. The van der Waals surface area contributed by atoms with Crippen molar-refractivity contribution >= 4 is 22.5 Å². The zero-order valence-electron chi connectivity index (χ0n) is 12.8. The van der Waals surface area contributed by atoms with E-state index in [1.165, 1.54) is 0 Å². The number of H-pyrrole nitrogens is 1. The van der Waals surface area contributed by atoms with Crippen molar-refractivity contribution in [3.63, 3.8) is 0 Å². The summed E-state index contributed by atoms with van der Waals surface area (Å²) in [5.41, 5.74) is 2.28. The van der Waals surface area contributed by atoms with Gasteiger partial charge in [0.2, 0.25) is 0 Å². The van der Waals surface area contributed by atoms with E-state index in [0.717, 1.165) is 11.1 Å². The topological polar surface area (TPSA) is 82.2 Å². The molecule has 3 aromatic rings. The molecule has 0 saturated heterocycles. The molecule has 0 unspecified atom stereocenters. The maximum Gasteiger partial charge on any atom is 0.265 e. The van der Waals surface area contributed by atoms with Crippen LogP contribution >= 0.6 is 0 Å². The Hall–Kier alpha value is -3.08. The Balaban J connectivity index is 2.04. The normalized spacial score (nSPS) is 10.7. The molecule has 2 aromatic carbocycles. The fourth-order valence-corrected chi connectivity index (χ4v) is 2.45. The summed E-state index contributed by atoms with van der Waals surface area (Å²) < 4.78 is 0. The highest BCUT2D eigenvalue weighted by Gasteiger charge is 2.19. The summed E-state index contributed by atoms with van der Waals surface area (Å²) in [6.07, 6.45) is 0. The third-order valence-corrected chi connectivity index (χ3v) is 3.89. The Morgan fingerprint density at radius 2 is 1.83 bits per heavy atom. The second kappa shape index (κ2) is 5.61. The highest BCUT2D eigenvalue weighted by Crippen LogP contribution is 2.25. The smallest absolute Gasteiger partial charge is 0.265 e. The van der Waals surface area contributed by atoms with Crippen LogP contribution in [0.25, 0.3) is 10.9 Å². The van der Waals surface area contributed by atoms with Gasteiger partial charge in [0.1, 0.15) is 11.3 Å². The number of amides is 1. The van der Waals surface area contributed by atoms with Gasteiger partial charge in [-0.15, -0.1) is 0 Å². The molecule has 0 fully saturated rings. The van der Waals surface area contributed by atoms with Gasteiger partial charge in [0.25, 0.3) is 11.5 Å². The average Bonchev–Trinajstić information content (AvgIpc) is 2.51. The number of benzene rings is 2. The van der Waals surface area contributed by atoms with E-state index in [9.17, 15) is 14.7 Å². The van der Waals surface area contributed by atoms with Crippen LogP contribution in [0.2, 0.25) is 0 Å². The number of aromatic hydroxyl groups is 1. The largest absolute Gasteiger partial charge is 0.506 e. The number of carbonyl (C=O) groups excluding carboxylic acids is 1. The molecule has 0 atom stereocenters. The number of para-hydroxylation sites is 1. The molecule has 0 bridgehead atoms. The summed E-state index contributed by atoms with van der Waals surface area (Å²) in [7, 11) is 0. The molecule has 0 aliphatic carbocycles. The van der Waals surface area contributed by atoms with Crippen LogP contribution in [-0.4, -0.2) is 16.0 Å². The van der Waals surface area contributed by atoms with Crippen molar-refractivity contribution in [3.8, 4) is 5.75 Å². The van der Waals surface area contributed by atoms with E-state index in [1.807, 2.05) is 26.0 Å². The number of aromatic amines is 1. The van der Waals surface area contributed by atoms with Gasteiger partial charge in [-0.25, -0.2) is 0 Å². The first-order valence-electron chi connectivity index (χ1n) is 7.20. The zero-order chi connectivity index (χ0) is 16.6. The molecule has 0 spiro atoms. The number of anilines is 1. The third kappa shape index (κ3) is 2.68. The summed E-state index contributed by atoms with van der Waals surface area (Å²) in [5, 5.41) is 13.4. The number of aryl methyl sites for hydroxylation is 2. The Kier molecular flexibility index (Phi) is 3.62. The summed E-state index contributed by atoms with van der Waals surface area (Å²) >= 11 is 0. The predicted molar refractivity (Wildman–Crippen MR) is 90.1 cm³/mol. The van der Waals surface area contributed by atoms with Gasteiger partial charge >= 0.3 is 0 Å². The number of aromatic nitrogens is 1. The lowest BCUT2D eigenvalue weighted by Gasteiger charge is -2.09. The first kappa shape index (κ1) is 14.8. The molecule has 1 amide bonds. The van der Waals surface area contributed by atoms with E-state index in [1.54, 1.807) is 30.3 Å². The second-order valence-corrected chi connectivity index (χ2v) is 5.48. The highest BCUT2D eigenvalue weighted by atomic mass is 16.3. The van der Waals surface area contributed by atoms with E-state index >= 15 is 0 Å². The van der Waals surface area contributed by atoms with Crippen molar-refractivity contribution in [1.82, 2.24) is 4.98 Å². The lowest BCUT2D eigenvalue weighted by molar-refractivity contribution is 0.102. The number of fused-ring (bicyclic) bond motifs is 1. The minimum absolute atomic E-state index is 0.290. The number of carbonyl (C=O) groups is 1. The number of rotatable bonds is 2. The van der Waals surface area contributed by atoms with E-state index in [-0.39, 0.29) is 11.3 Å². The van der Waals surface area contributed by atoms with Crippen LogP contribution in [0, 0.1) is 13.8 Å². The SMILES string of the molecule is Cc1ccc(NC(=O)c2c(O)c3ccccc3[nH]c2=O)cc1C. The summed E-state index contributed by atoms with van der Waals surface area (Å²) in [6.45, 7) is 3.91. The van der Waals surface area contributed by atoms with Gasteiger partial charge in [-0.1, -0.05) is 18.2 Å². The van der Waals surface area contributed by atoms with Crippen molar-refractivity contribution in [2.45, 2.75) is 13.8 Å². The third-order valence-electron chi connectivity index (χ3n) is 3.89. The average molecular weight is 308 g/mol. The second-order valence-electron chi connectivity index (χ2n) is 5.48. The number of hydrogen-bond donors (Lipinski definition) is 3. The minimum atomic E-state index is -0.641. The van der Waals surface area contributed by atoms with E-state index in [2.05, 4.69) is 10.3 Å². The summed E-state index contributed by atoms with van der Waals surface area (Å²) in [6, 6.07) is 12.2. The maximum absolute atomic E-state index is 12.4. The lowest BCUT2D eigenvalue weighted by atomic mass is 10.1. The van der Waals surface area contributed by atoms with Crippen molar-refractivity contribution < 1.29 is 9.90 Å². The molecule has 0 aliphatic heterocycles. The quantitative estimate of drug-likeness (QED) is 0.680. The Labute approximate surface area is 132 Å². The van der Waals surface area contributed by atoms with Gasteiger partial charge in [-0.05, 0) is 49.2 Å². The van der Waals surface area contributed by atoms with Crippen LogP contribution in [0.15, 0.2) is 47.3 Å². The van der Waals surface area contributed by atoms with E-state index in [4.69, 9.17) is 0 Å². The molecular formula is C18H16N2O3. The summed E-state index contributed by atoms with van der Waals surface area (Å²) in [4.78, 5) is 27.1. The maximum atomic E-state index is 12.4. The number of hydrogen-bond acceptors (Lipinski definition) is 3. The number of pyridine rings is 1. The molecule has 23 heavy (non-hydrogen) atoms. The monoisotopic (exact) mass is 308 g/mol. The van der Waals surface area contributed by atoms with Crippen LogP contribution in [0.4, 0.5) is 5.69 Å². The van der Waals surface area contributed by atoms with Gasteiger partial charge in [-0.3, -0.25) is 9.59 Å². The molecule has 0 aliphatic rings. The highest BCUT2D eigenvalue weighted by molar-refractivity contribution is 6.08. The molecule has 116 valence electrons. The van der Waals surface area contributed by atoms with Crippen molar-refractivity contribution in [2.24, 2.45) is 0 Å². The molecular weight excluding hydrogens is 292 g/mol. The van der Waals surface area contributed by atoms with Gasteiger partial charge in [0.15, 0.2) is 0 Å². The van der Waals surface area contributed by atoms with Crippen LogP contribution in [0.3, 0.4) is 0 Å².